The van der Waals surface area contributed by atoms with E-state index in [-0.39, 0.29) is 46.1 Å². The lowest BCUT2D eigenvalue weighted by atomic mass is 10.1. The summed E-state index contributed by atoms with van der Waals surface area (Å²) in [6.07, 6.45) is 3.40. The molecule has 6 aromatic rings. The van der Waals surface area contributed by atoms with Crippen LogP contribution in [0.5, 0.6) is 11.8 Å². The van der Waals surface area contributed by atoms with Gasteiger partial charge in [0, 0.05) is 12.4 Å². The fourth-order valence-corrected chi connectivity index (χ4v) is 10.6. The molecule has 0 N–H and O–H groups in total. The summed E-state index contributed by atoms with van der Waals surface area (Å²) in [5.41, 5.74) is 1.14. The highest BCUT2D eigenvalue weighted by atomic mass is 35.5. The molecule has 2 aliphatic heterocycles. The Kier molecular flexibility index (Phi) is 9.13. The van der Waals surface area contributed by atoms with E-state index in [4.69, 9.17) is 23.2 Å². The van der Waals surface area contributed by atoms with Crippen LogP contribution in [0.15, 0.2) is 93.0 Å². The number of benzene rings is 2. The standard InChI is InChI=1S/2C16H12ClN3O2S2/c2*1-19-13(21)12(9-5-3-2-4-6-9)14(22)20-10(8-23-16(19)20)11-7-18-15(17)24-11/h2*2-7,10H,8H2,1H3/t2*10-/m10/s1. The van der Waals surface area contributed by atoms with E-state index in [1.54, 1.807) is 69.0 Å². The zero-order chi connectivity index (χ0) is 33.7. The minimum atomic E-state index is -0.270. The van der Waals surface area contributed by atoms with Crippen LogP contribution < -0.4 is 30.5 Å². The van der Waals surface area contributed by atoms with Gasteiger partial charge in [0.25, 0.3) is 0 Å². The summed E-state index contributed by atoms with van der Waals surface area (Å²) < 4.78 is 7.39. The minimum absolute atomic E-state index is 0.156. The van der Waals surface area contributed by atoms with E-state index in [0.717, 1.165) is 9.75 Å². The van der Waals surface area contributed by atoms with Gasteiger partial charge in [-0.1, -0.05) is 83.9 Å². The first kappa shape index (κ1) is 32.9. The molecule has 10 nitrogen and oxygen atoms in total. The molecule has 0 saturated carbocycles. The van der Waals surface area contributed by atoms with Gasteiger partial charge in [-0.2, -0.15) is 9.13 Å². The van der Waals surface area contributed by atoms with E-state index in [1.165, 1.54) is 46.2 Å². The van der Waals surface area contributed by atoms with Crippen molar-refractivity contribution in [3.63, 3.8) is 0 Å². The lowest BCUT2D eigenvalue weighted by Crippen LogP contribution is -2.43. The lowest BCUT2D eigenvalue weighted by molar-refractivity contribution is -0.751. The summed E-state index contributed by atoms with van der Waals surface area (Å²) in [5, 5.41) is 26.7. The molecule has 0 aliphatic carbocycles. The van der Waals surface area contributed by atoms with Gasteiger partial charge in [0.05, 0.1) is 47.1 Å². The molecule has 2 aromatic carbocycles. The van der Waals surface area contributed by atoms with Gasteiger partial charge in [0.1, 0.15) is 11.1 Å². The molecule has 0 unspecified atom stereocenters. The van der Waals surface area contributed by atoms with E-state index in [9.17, 15) is 19.8 Å². The predicted octanol–water partition coefficient (Wildman–Crippen LogP) is 4.44. The third kappa shape index (κ3) is 5.73. The third-order valence-corrected chi connectivity index (χ3v) is 12.9. The molecule has 0 radical (unpaired) electrons. The van der Waals surface area contributed by atoms with Crippen LogP contribution in [0.25, 0.3) is 22.3 Å². The Morgan fingerprint density at radius 3 is 1.40 bits per heavy atom. The highest BCUT2D eigenvalue weighted by molar-refractivity contribution is 7.99. The van der Waals surface area contributed by atoms with Crippen molar-refractivity contribution in [1.29, 1.82) is 0 Å². The van der Waals surface area contributed by atoms with Gasteiger partial charge in [0.15, 0.2) is 21.0 Å². The summed E-state index contributed by atoms with van der Waals surface area (Å²) >= 11 is 17.6. The number of hydrogen-bond acceptors (Lipinski definition) is 10. The van der Waals surface area contributed by atoms with Crippen LogP contribution in [0.2, 0.25) is 8.93 Å². The summed E-state index contributed by atoms with van der Waals surface area (Å²) in [6, 6.07) is 17.8. The van der Waals surface area contributed by atoms with E-state index in [1.807, 2.05) is 36.4 Å². The molecule has 48 heavy (non-hydrogen) atoms. The Balaban J connectivity index is 0.000000152. The second-order valence-corrected chi connectivity index (χ2v) is 16.1. The first-order valence-corrected chi connectivity index (χ1v) is 18.8. The molecule has 2 aliphatic rings. The summed E-state index contributed by atoms with van der Waals surface area (Å²) in [5.74, 6) is 0.819. The number of thioether (sulfide) groups is 2. The fraction of sp³-hybridized carbons (Fsp3) is 0.188. The molecule has 244 valence electrons. The highest BCUT2D eigenvalue weighted by Crippen LogP contribution is 2.40. The average Bonchev–Trinajstić information content (AvgIpc) is 3.90. The molecule has 2 atom stereocenters. The van der Waals surface area contributed by atoms with Crippen molar-refractivity contribution in [2.75, 3.05) is 11.5 Å². The Labute approximate surface area is 300 Å². The monoisotopic (exact) mass is 754 g/mol. The second-order valence-electron chi connectivity index (χ2n) is 10.8. The van der Waals surface area contributed by atoms with E-state index < -0.39 is 0 Å². The van der Waals surface area contributed by atoms with Gasteiger partial charge in [-0.3, -0.25) is 0 Å². The normalized spacial score (nSPS) is 16.3. The maximum Gasteiger partial charge on any atom is 0.345 e. The number of nitrogens with zero attached hydrogens (tertiary/aromatic N) is 6. The van der Waals surface area contributed by atoms with Crippen LogP contribution in [-0.4, -0.2) is 30.6 Å². The number of rotatable bonds is 4. The van der Waals surface area contributed by atoms with Gasteiger partial charge in [-0.25, -0.2) is 28.7 Å². The van der Waals surface area contributed by atoms with Gasteiger partial charge < -0.3 is 10.2 Å². The Morgan fingerprint density at radius 1 is 0.688 bits per heavy atom. The topological polar surface area (TPSA) is 124 Å². The predicted molar refractivity (Wildman–Crippen MR) is 185 cm³/mol. The molecule has 0 fully saturated rings. The van der Waals surface area contributed by atoms with Crippen LogP contribution in [0, 0.1) is 0 Å². The van der Waals surface area contributed by atoms with Crippen molar-refractivity contribution in [2.45, 2.75) is 22.4 Å². The number of hydrogen-bond donors (Lipinski definition) is 0. The molecule has 0 bridgehead atoms. The molecule has 0 amide bonds. The smallest absolute Gasteiger partial charge is 0.345 e. The molecule has 6 heterocycles. The van der Waals surface area contributed by atoms with Crippen molar-refractivity contribution < 1.29 is 19.3 Å². The zero-order valence-electron chi connectivity index (χ0n) is 25.2. The molecule has 16 heteroatoms. The van der Waals surface area contributed by atoms with Crippen molar-refractivity contribution >= 4 is 69.4 Å². The molecule has 0 spiro atoms. The van der Waals surface area contributed by atoms with Crippen LogP contribution in [-0.2, 0) is 14.1 Å². The zero-order valence-corrected chi connectivity index (χ0v) is 30.0. The summed E-state index contributed by atoms with van der Waals surface area (Å²) in [4.78, 5) is 36.2. The molecule has 0 saturated heterocycles. The van der Waals surface area contributed by atoms with Gasteiger partial charge in [-0.05, 0) is 34.7 Å². The van der Waals surface area contributed by atoms with Crippen molar-refractivity contribution in [3.8, 4) is 34.0 Å². The van der Waals surface area contributed by atoms with Gasteiger partial charge >= 0.3 is 21.4 Å². The summed E-state index contributed by atoms with van der Waals surface area (Å²) in [6.45, 7) is 0. The lowest BCUT2D eigenvalue weighted by Gasteiger charge is -2.16. The van der Waals surface area contributed by atoms with Crippen molar-refractivity contribution in [2.24, 2.45) is 14.1 Å². The fourth-order valence-electron chi connectivity index (χ4n) is 5.73. The van der Waals surface area contributed by atoms with Crippen LogP contribution >= 0.6 is 69.4 Å². The van der Waals surface area contributed by atoms with Crippen LogP contribution in [0.4, 0.5) is 0 Å². The van der Waals surface area contributed by atoms with Crippen LogP contribution in [0.3, 0.4) is 0 Å². The highest BCUT2D eigenvalue weighted by Gasteiger charge is 2.39. The van der Waals surface area contributed by atoms with E-state index in [0.29, 0.717) is 41.9 Å². The van der Waals surface area contributed by atoms with Crippen molar-refractivity contribution in [1.82, 2.24) is 19.1 Å². The molecule has 4 aromatic heterocycles. The number of aromatic nitrogens is 6. The summed E-state index contributed by atoms with van der Waals surface area (Å²) in [7, 11) is 3.41. The quantitative estimate of drug-likeness (QED) is 0.191. The Hall–Kier alpha value is -3.66. The van der Waals surface area contributed by atoms with Crippen LogP contribution in [0.1, 0.15) is 21.8 Å². The largest absolute Gasteiger partial charge is 0.842 e. The van der Waals surface area contributed by atoms with Gasteiger partial charge in [-0.15, -0.1) is 22.7 Å². The van der Waals surface area contributed by atoms with E-state index >= 15 is 0 Å². The Morgan fingerprint density at radius 2 is 1.06 bits per heavy atom. The average molecular weight is 756 g/mol. The molecular formula is C32H24Cl2N6O4S4. The minimum Gasteiger partial charge on any atom is -0.842 e. The first-order chi connectivity index (χ1) is 23.2. The third-order valence-electron chi connectivity index (χ3n) is 8.02. The molecule has 8 rings (SSSR count). The number of thiazole rings is 2. The second kappa shape index (κ2) is 13.3. The molecular weight excluding hydrogens is 732 g/mol. The number of fused-ring (bicyclic) bond motifs is 2. The van der Waals surface area contributed by atoms with Crippen molar-refractivity contribution in [3.05, 3.63) is 112 Å². The van der Waals surface area contributed by atoms with Gasteiger partial charge in [0.2, 0.25) is 0 Å². The maximum absolute atomic E-state index is 13.1. The SMILES string of the molecule is C[n+]1c([O-])c(-c2ccccc2)c(=O)n2c1SC[C@@H]2c1cnc(Cl)s1.C[n+]1c([O-])c(-c2ccccc2)c(=O)n2c1SC[C@H]2c1cnc(Cl)s1. The Bertz CT molecular complexity index is 2130. The first-order valence-electron chi connectivity index (χ1n) is 14.5. The van der Waals surface area contributed by atoms with E-state index in [2.05, 4.69) is 9.97 Å². The number of halogens is 2. The maximum atomic E-state index is 13.1.